The molecule has 1 aliphatic carbocycles. The van der Waals surface area contributed by atoms with E-state index in [9.17, 15) is 9.59 Å². The maximum absolute atomic E-state index is 12.2. The van der Waals surface area contributed by atoms with Crippen molar-refractivity contribution in [3.05, 3.63) is 70.8 Å². The van der Waals surface area contributed by atoms with Crippen LogP contribution in [-0.4, -0.2) is 11.6 Å². The van der Waals surface area contributed by atoms with Crippen LogP contribution in [0.2, 0.25) is 0 Å². The lowest BCUT2D eigenvalue weighted by molar-refractivity contribution is 0.0954. The summed E-state index contributed by atoms with van der Waals surface area (Å²) >= 11 is 0. The molecule has 0 atom stereocenters. The van der Waals surface area contributed by atoms with Crippen LogP contribution in [0.4, 0.5) is 0 Å². The molecule has 3 rings (SSSR count). The average molecular weight is 236 g/mol. The van der Waals surface area contributed by atoms with Gasteiger partial charge in [-0.1, -0.05) is 48.5 Å². The van der Waals surface area contributed by atoms with Crippen molar-refractivity contribution in [1.82, 2.24) is 0 Å². The third-order valence-electron chi connectivity index (χ3n) is 3.35. The molecule has 0 saturated carbocycles. The van der Waals surface area contributed by atoms with E-state index in [1.54, 1.807) is 24.3 Å². The molecule has 18 heavy (non-hydrogen) atoms. The lowest BCUT2D eigenvalue weighted by Crippen LogP contribution is -2.17. The lowest BCUT2D eigenvalue weighted by Gasteiger charge is -2.14. The predicted octanol–water partition coefficient (Wildman–Crippen LogP) is 2.85. The molecule has 0 aliphatic heterocycles. The van der Waals surface area contributed by atoms with Gasteiger partial charge in [-0.3, -0.25) is 9.59 Å². The molecule has 0 radical (unpaired) electrons. The molecule has 0 aromatic heterocycles. The van der Waals surface area contributed by atoms with Gasteiger partial charge in [0.15, 0.2) is 11.6 Å². The molecule has 2 aromatic carbocycles. The first-order valence-corrected chi connectivity index (χ1v) is 5.98. The second-order valence-electron chi connectivity index (χ2n) is 4.51. The van der Waals surface area contributed by atoms with Gasteiger partial charge in [0.1, 0.15) is 0 Å². The Morgan fingerprint density at radius 1 is 0.611 bits per heavy atom. The topological polar surface area (TPSA) is 34.1 Å². The number of rotatable bonds is 0. The Kier molecular flexibility index (Phi) is 2.56. The Labute approximate surface area is 105 Å². The first-order chi connectivity index (χ1) is 8.75. The van der Waals surface area contributed by atoms with Crippen LogP contribution in [0.5, 0.6) is 0 Å². The lowest BCUT2D eigenvalue weighted by atomic mass is 9.87. The molecule has 2 aromatic rings. The number of benzene rings is 2. The fourth-order valence-corrected chi connectivity index (χ4v) is 2.41. The largest absolute Gasteiger partial charge is 0.294 e. The van der Waals surface area contributed by atoms with E-state index in [1.807, 2.05) is 24.3 Å². The fourth-order valence-electron chi connectivity index (χ4n) is 2.41. The second kappa shape index (κ2) is 4.22. The van der Waals surface area contributed by atoms with Crippen molar-refractivity contribution in [2.75, 3.05) is 0 Å². The van der Waals surface area contributed by atoms with E-state index >= 15 is 0 Å². The van der Waals surface area contributed by atoms with Crippen LogP contribution in [0.3, 0.4) is 0 Å². The molecule has 0 saturated heterocycles. The smallest absolute Gasteiger partial charge is 0.167 e. The van der Waals surface area contributed by atoms with Crippen LogP contribution in [0, 0.1) is 0 Å². The van der Waals surface area contributed by atoms with Gasteiger partial charge in [-0.05, 0) is 11.1 Å². The van der Waals surface area contributed by atoms with Gasteiger partial charge in [-0.15, -0.1) is 0 Å². The zero-order valence-corrected chi connectivity index (χ0v) is 9.85. The van der Waals surface area contributed by atoms with Crippen molar-refractivity contribution in [1.29, 1.82) is 0 Å². The molecule has 0 unspecified atom stereocenters. The van der Waals surface area contributed by atoms with Crippen LogP contribution in [0.15, 0.2) is 48.5 Å². The number of hydrogen-bond donors (Lipinski definition) is 0. The van der Waals surface area contributed by atoms with Gasteiger partial charge in [0.25, 0.3) is 0 Å². The number of fused-ring (bicyclic) bond motifs is 2. The molecular formula is C16H12O2. The Hall–Kier alpha value is -2.22. The van der Waals surface area contributed by atoms with Crippen LogP contribution >= 0.6 is 0 Å². The molecule has 0 heterocycles. The van der Waals surface area contributed by atoms with Crippen molar-refractivity contribution >= 4 is 11.6 Å². The number of hydrogen-bond acceptors (Lipinski definition) is 2. The van der Waals surface area contributed by atoms with Crippen molar-refractivity contribution < 1.29 is 9.59 Å². The molecule has 88 valence electrons. The first kappa shape index (κ1) is 10.9. The summed E-state index contributed by atoms with van der Waals surface area (Å²) in [6.45, 7) is 0. The van der Waals surface area contributed by atoms with E-state index in [2.05, 4.69) is 0 Å². The predicted molar refractivity (Wildman–Crippen MR) is 69.0 cm³/mol. The van der Waals surface area contributed by atoms with Crippen molar-refractivity contribution in [3.8, 4) is 0 Å². The normalized spacial score (nSPS) is 14.4. The van der Waals surface area contributed by atoms with E-state index in [-0.39, 0.29) is 11.6 Å². The highest BCUT2D eigenvalue weighted by Crippen LogP contribution is 2.21. The number of carbonyl (C=O) groups is 2. The van der Waals surface area contributed by atoms with E-state index < -0.39 is 0 Å². The van der Waals surface area contributed by atoms with Crippen LogP contribution in [0.1, 0.15) is 31.8 Å². The van der Waals surface area contributed by atoms with Crippen LogP contribution in [-0.2, 0) is 12.8 Å². The zero-order chi connectivity index (χ0) is 12.5. The molecule has 0 spiro atoms. The standard InChI is InChI=1S/C16H12O2/c17-15-9-11-5-1-2-6-12(11)10-16(18)14-8-4-3-7-13(14)15/h1-8H,9-10H2. The van der Waals surface area contributed by atoms with Crippen LogP contribution < -0.4 is 0 Å². The summed E-state index contributed by atoms with van der Waals surface area (Å²) in [4.78, 5) is 24.4. The SMILES string of the molecule is O=C1Cc2ccccc2CC(=O)c2ccccc21. The minimum absolute atomic E-state index is 0.0195. The Morgan fingerprint density at radius 2 is 1.00 bits per heavy atom. The minimum Gasteiger partial charge on any atom is -0.294 e. The summed E-state index contributed by atoms with van der Waals surface area (Å²) in [6.07, 6.45) is 0.751. The van der Waals surface area contributed by atoms with Gasteiger partial charge in [0, 0.05) is 24.0 Å². The van der Waals surface area contributed by atoms with Crippen molar-refractivity contribution in [2.45, 2.75) is 12.8 Å². The summed E-state index contributed by atoms with van der Waals surface area (Å²) < 4.78 is 0. The highest BCUT2D eigenvalue weighted by atomic mass is 16.1. The van der Waals surface area contributed by atoms with E-state index in [4.69, 9.17) is 0 Å². The monoisotopic (exact) mass is 236 g/mol. The van der Waals surface area contributed by atoms with E-state index in [0.29, 0.717) is 24.0 Å². The Balaban J connectivity index is 2.16. The van der Waals surface area contributed by atoms with Gasteiger partial charge < -0.3 is 0 Å². The summed E-state index contributed by atoms with van der Waals surface area (Å²) in [7, 11) is 0. The molecule has 0 bridgehead atoms. The average Bonchev–Trinajstić information content (AvgIpc) is 2.39. The Bertz CT molecular complexity index is 585. The molecule has 2 heteroatoms. The number of carbonyl (C=O) groups excluding carboxylic acids is 2. The molecule has 1 aliphatic rings. The molecular weight excluding hydrogens is 224 g/mol. The Morgan fingerprint density at radius 3 is 1.44 bits per heavy atom. The van der Waals surface area contributed by atoms with Gasteiger partial charge in [0.05, 0.1) is 0 Å². The van der Waals surface area contributed by atoms with E-state index in [0.717, 1.165) is 11.1 Å². The summed E-state index contributed by atoms with van der Waals surface area (Å²) in [5, 5.41) is 0. The third-order valence-corrected chi connectivity index (χ3v) is 3.35. The van der Waals surface area contributed by atoms with Gasteiger partial charge in [-0.2, -0.15) is 0 Å². The fraction of sp³-hybridized carbons (Fsp3) is 0.125. The second-order valence-corrected chi connectivity index (χ2v) is 4.51. The third kappa shape index (κ3) is 1.76. The highest BCUT2D eigenvalue weighted by molar-refractivity contribution is 6.11. The summed E-state index contributed by atoms with van der Waals surface area (Å²) in [6, 6.07) is 14.7. The van der Waals surface area contributed by atoms with Gasteiger partial charge in [-0.25, -0.2) is 0 Å². The van der Waals surface area contributed by atoms with Crippen LogP contribution in [0.25, 0.3) is 0 Å². The highest BCUT2D eigenvalue weighted by Gasteiger charge is 2.21. The molecule has 2 nitrogen and oxygen atoms in total. The molecule has 0 fully saturated rings. The minimum atomic E-state index is 0.0195. The van der Waals surface area contributed by atoms with Crippen molar-refractivity contribution in [2.24, 2.45) is 0 Å². The molecule has 0 N–H and O–H groups in total. The number of Topliss-reactive ketones (excluding diaryl/α,β-unsaturated/α-hetero) is 2. The summed E-state index contributed by atoms with van der Waals surface area (Å²) in [5.41, 5.74) is 3.03. The maximum atomic E-state index is 12.2. The molecule has 0 amide bonds. The number of ketones is 2. The van der Waals surface area contributed by atoms with Gasteiger partial charge >= 0.3 is 0 Å². The van der Waals surface area contributed by atoms with E-state index in [1.165, 1.54) is 0 Å². The first-order valence-electron chi connectivity index (χ1n) is 5.98. The quantitative estimate of drug-likeness (QED) is 0.704. The van der Waals surface area contributed by atoms with Gasteiger partial charge in [0.2, 0.25) is 0 Å². The maximum Gasteiger partial charge on any atom is 0.167 e. The zero-order valence-electron chi connectivity index (χ0n) is 9.85. The summed E-state index contributed by atoms with van der Waals surface area (Å²) in [5.74, 6) is 0.0391. The van der Waals surface area contributed by atoms with Crippen molar-refractivity contribution in [3.63, 3.8) is 0 Å².